The van der Waals surface area contributed by atoms with Gasteiger partial charge in [0, 0.05) is 29.1 Å². The highest BCUT2D eigenvalue weighted by Gasteiger charge is 2.07. The van der Waals surface area contributed by atoms with Gasteiger partial charge in [-0.15, -0.1) is 6.58 Å². The summed E-state index contributed by atoms with van der Waals surface area (Å²) >= 11 is 3.35. The molecule has 0 saturated heterocycles. The van der Waals surface area contributed by atoms with E-state index in [0.717, 1.165) is 4.47 Å². The maximum absolute atomic E-state index is 12.0. The molecule has 20 heavy (non-hydrogen) atoms. The highest BCUT2D eigenvalue weighted by Crippen LogP contribution is 2.16. The second-order valence-corrected chi connectivity index (χ2v) is 4.85. The minimum atomic E-state index is -0.252. The van der Waals surface area contributed by atoms with Crippen LogP contribution in [0, 0.1) is 0 Å². The van der Waals surface area contributed by atoms with Gasteiger partial charge in [0.05, 0.1) is 5.56 Å². The van der Waals surface area contributed by atoms with E-state index in [9.17, 15) is 4.79 Å². The molecule has 5 nitrogen and oxygen atoms in total. The summed E-state index contributed by atoms with van der Waals surface area (Å²) in [5.41, 5.74) is 1.10. The number of halogens is 1. The number of amides is 1. The van der Waals surface area contributed by atoms with Crippen LogP contribution < -0.4 is 10.6 Å². The lowest BCUT2D eigenvalue weighted by Crippen LogP contribution is -2.13. The zero-order valence-electron chi connectivity index (χ0n) is 10.6. The zero-order valence-corrected chi connectivity index (χ0v) is 12.2. The number of nitrogens with zero attached hydrogens (tertiary/aromatic N) is 2. The fourth-order valence-corrected chi connectivity index (χ4v) is 1.87. The van der Waals surface area contributed by atoms with E-state index < -0.39 is 0 Å². The average molecular weight is 333 g/mol. The molecule has 2 N–H and O–H groups in total. The minimum Gasteiger partial charge on any atom is -0.351 e. The first-order chi connectivity index (χ1) is 9.69. The van der Waals surface area contributed by atoms with Crippen molar-refractivity contribution in [3.8, 4) is 0 Å². The lowest BCUT2D eigenvalue weighted by atomic mass is 10.3. The number of carbonyl (C=O) groups excluding carboxylic acids is 1. The van der Waals surface area contributed by atoms with Gasteiger partial charge in [0.1, 0.15) is 0 Å². The summed E-state index contributed by atoms with van der Waals surface area (Å²) in [7, 11) is 0. The Morgan fingerprint density at radius 2 is 2.10 bits per heavy atom. The molecule has 1 amide bonds. The van der Waals surface area contributed by atoms with Crippen molar-refractivity contribution in [3.05, 3.63) is 59.4 Å². The van der Waals surface area contributed by atoms with Crippen LogP contribution >= 0.6 is 15.9 Å². The van der Waals surface area contributed by atoms with Crippen LogP contribution in [-0.2, 0) is 0 Å². The number of anilines is 2. The fraction of sp³-hybridized carbons (Fsp3) is 0.0714. The Morgan fingerprint density at radius 1 is 1.35 bits per heavy atom. The number of benzene rings is 1. The molecule has 0 bridgehead atoms. The van der Waals surface area contributed by atoms with Gasteiger partial charge in [-0.1, -0.05) is 28.1 Å². The number of aromatic nitrogens is 2. The van der Waals surface area contributed by atoms with E-state index in [1.807, 2.05) is 24.3 Å². The van der Waals surface area contributed by atoms with Crippen LogP contribution in [0.2, 0.25) is 0 Å². The topological polar surface area (TPSA) is 66.9 Å². The molecule has 0 aliphatic heterocycles. The first kappa shape index (κ1) is 14.2. The molecule has 1 heterocycles. The summed E-state index contributed by atoms with van der Waals surface area (Å²) in [6.07, 6.45) is 4.66. The molecule has 0 saturated carbocycles. The summed E-state index contributed by atoms with van der Waals surface area (Å²) in [6, 6.07) is 7.36. The summed E-state index contributed by atoms with van der Waals surface area (Å²) in [6.45, 7) is 4.16. The number of hydrogen-bond donors (Lipinski definition) is 2. The second kappa shape index (κ2) is 6.81. The standard InChI is InChI=1S/C14H13BrN4O/c1-2-6-16-14-17-8-10(9-18-14)13(20)19-12-5-3-4-11(15)7-12/h2-5,7-9H,1,6H2,(H,19,20)(H,16,17,18). The smallest absolute Gasteiger partial charge is 0.258 e. The molecule has 1 aromatic carbocycles. The highest BCUT2D eigenvalue weighted by molar-refractivity contribution is 9.10. The van der Waals surface area contributed by atoms with Gasteiger partial charge in [0.15, 0.2) is 0 Å². The van der Waals surface area contributed by atoms with E-state index in [-0.39, 0.29) is 5.91 Å². The Morgan fingerprint density at radius 3 is 2.75 bits per heavy atom. The Bertz CT molecular complexity index is 613. The van der Waals surface area contributed by atoms with Crippen LogP contribution in [0.15, 0.2) is 53.8 Å². The third-order valence-electron chi connectivity index (χ3n) is 2.40. The molecular formula is C14H13BrN4O. The monoisotopic (exact) mass is 332 g/mol. The van der Waals surface area contributed by atoms with Crippen LogP contribution in [0.1, 0.15) is 10.4 Å². The molecule has 0 radical (unpaired) electrons. The van der Waals surface area contributed by atoms with Crippen molar-refractivity contribution in [1.82, 2.24) is 9.97 Å². The lowest BCUT2D eigenvalue weighted by molar-refractivity contribution is 0.102. The number of nitrogens with one attached hydrogen (secondary N) is 2. The van der Waals surface area contributed by atoms with Crippen molar-refractivity contribution in [2.75, 3.05) is 17.2 Å². The second-order valence-electron chi connectivity index (χ2n) is 3.93. The molecule has 0 atom stereocenters. The van der Waals surface area contributed by atoms with Gasteiger partial charge in [-0.25, -0.2) is 9.97 Å². The van der Waals surface area contributed by atoms with Crippen LogP contribution in [0.25, 0.3) is 0 Å². The molecule has 1 aromatic heterocycles. The van der Waals surface area contributed by atoms with Gasteiger partial charge in [-0.05, 0) is 18.2 Å². The molecule has 102 valence electrons. The van der Waals surface area contributed by atoms with Gasteiger partial charge in [-0.2, -0.15) is 0 Å². The van der Waals surface area contributed by atoms with Crippen LogP contribution in [-0.4, -0.2) is 22.4 Å². The molecule has 0 unspecified atom stereocenters. The molecule has 0 aliphatic rings. The summed E-state index contributed by atoms with van der Waals surface area (Å²) in [5.74, 6) is 0.210. The van der Waals surface area contributed by atoms with Gasteiger partial charge < -0.3 is 10.6 Å². The van der Waals surface area contributed by atoms with Crippen molar-refractivity contribution < 1.29 is 4.79 Å². The van der Waals surface area contributed by atoms with Gasteiger partial charge in [0.25, 0.3) is 5.91 Å². The van der Waals surface area contributed by atoms with Crippen molar-refractivity contribution in [2.45, 2.75) is 0 Å². The Labute approximate surface area is 125 Å². The number of hydrogen-bond acceptors (Lipinski definition) is 4. The largest absolute Gasteiger partial charge is 0.351 e. The highest BCUT2D eigenvalue weighted by atomic mass is 79.9. The third kappa shape index (κ3) is 3.89. The van der Waals surface area contributed by atoms with Crippen molar-refractivity contribution in [3.63, 3.8) is 0 Å². The van der Waals surface area contributed by atoms with E-state index in [4.69, 9.17) is 0 Å². The predicted octanol–water partition coefficient (Wildman–Crippen LogP) is 3.09. The molecule has 0 fully saturated rings. The molecular weight excluding hydrogens is 320 g/mol. The van der Waals surface area contributed by atoms with E-state index in [2.05, 4.69) is 43.1 Å². The van der Waals surface area contributed by atoms with E-state index in [1.54, 1.807) is 6.08 Å². The van der Waals surface area contributed by atoms with E-state index >= 15 is 0 Å². The fourth-order valence-electron chi connectivity index (χ4n) is 1.47. The van der Waals surface area contributed by atoms with Crippen molar-refractivity contribution >= 4 is 33.5 Å². The Balaban J connectivity index is 2.03. The molecule has 6 heteroatoms. The maximum Gasteiger partial charge on any atom is 0.258 e. The quantitative estimate of drug-likeness (QED) is 0.825. The molecule has 0 aliphatic carbocycles. The van der Waals surface area contributed by atoms with E-state index in [1.165, 1.54) is 12.4 Å². The third-order valence-corrected chi connectivity index (χ3v) is 2.89. The summed E-state index contributed by atoms with van der Waals surface area (Å²) in [5, 5.41) is 5.72. The first-order valence-electron chi connectivity index (χ1n) is 5.93. The zero-order chi connectivity index (χ0) is 14.4. The SMILES string of the molecule is C=CCNc1ncc(C(=O)Nc2cccc(Br)c2)cn1. The van der Waals surface area contributed by atoms with Crippen LogP contribution in [0.5, 0.6) is 0 Å². The van der Waals surface area contributed by atoms with E-state index in [0.29, 0.717) is 23.7 Å². The van der Waals surface area contributed by atoms with Gasteiger partial charge >= 0.3 is 0 Å². The lowest BCUT2D eigenvalue weighted by Gasteiger charge is -2.06. The first-order valence-corrected chi connectivity index (χ1v) is 6.72. The van der Waals surface area contributed by atoms with Crippen molar-refractivity contribution in [2.24, 2.45) is 0 Å². The number of rotatable bonds is 5. The normalized spacial score (nSPS) is 9.85. The summed E-state index contributed by atoms with van der Waals surface area (Å²) in [4.78, 5) is 20.1. The number of carbonyl (C=O) groups is 1. The minimum absolute atomic E-state index is 0.252. The summed E-state index contributed by atoms with van der Waals surface area (Å²) < 4.78 is 0.899. The molecule has 0 spiro atoms. The van der Waals surface area contributed by atoms with Crippen molar-refractivity contribution in [1.29, 1.82) is 0 Å². The predicted molar refractivity (Wildman–Crippen MR) is 82.8 cm³/mol. The van der Waals surface area contributed by atoms with Crippen LogP contribution in [0.4, 0.5) is 11.6 Å². The Kier molecular flexibility index (Phi) is 4.84. The molecule has 2 aromatic rings. The Hall–Kier alpha value is -2.21. The van der Waals surface area contributed by atoms with Gasteiger partial charge in [0.2, 0.25) is 5.95 Å². The molecule has 2 rings (SSSR count). The maximum atomic E-state index is 12.0. The van der Waals surface area contributed by atoms with Crippen LogP contribution in [0.3, 0.4) is 0 Å². The average Bonchev–Trinajstić information content (AvgIpc) is 2.45. The van der Waals surface area contributed by atoms with Gasteiger partial charge in [-0.3, -0.25) is 4.79 Å².